The standard InChI is InChI=1S/C30H30F3N5O5S/c1-30(2,3)29(39)43-38-11-9-37(10-12-38)26-7-8-34-24-6-5-18(13-21(24)26)19-14-25(28(42-4)35-17-19)36-44(40,41)27-22(32)15-20(31)16-23(27)33/h5-8,13-17,36H,9-12H2,1-4H3. The van der Waals surface area contributed by atoms with Crippen molar-refractivity contribution in [3.8, 4) is 17.0 Å². The average Bonchev–Trinajstić information content (AvgIpc) is 2.95. The molecule has 1 aliphatic rings. The molecule has 44 heavy (non-hydrogen) atoms. The zero-order valence-corrected chi connectivity index (χ0v) is 25.2. The summed E-state index contributed by atoms with van der Waals surface area (Å²) in [5.41, 5.74) is 1.96. The predicted octanol–water partition coefficient (Wildman–Crippen LogP) is 5.15. The zero-order valence-electron chi connectivity index (χ0n) is 24.4. The van der Waals surface area contributed by atoms with E-state index >= 15 is 0 Å². The number of fused-ring (bicyclic) bond motifs is 1. The molecule has 1 N–H and O–H groups in total. The molecule has 0 radical (unpaired) electrons. The largest absolute Gasteiger partial charge is 0.480 e. The van der Waals surface area contributed by atoms with E-state index in [1.165, 1.54) is 19.4 Å². The van der Waals surface area contributed by atoms with Gasteiger partial charge in [-0.1, -0.05) is 6.07 Å². The van der Waals surface area contributed by atoms with E-state index in [0.29, 0.717) is 37.3 Å². The monoisotopic (exact) mass is 629 g/mol. The van der Waals surface area contributed by atoms with Gasteiger partial charge in [-0.05, 0) is 50.6 Å². The summed E-state index contributed by atoms with van der Waals surface area (Å²) < 4.78 is 75.2. The third-order valence-electron chi connectivity index (χ3n) is 6.98. The van der Waals surface area contributed by atoms with Crippen molar-refractivity contribution in [1.29, 1.82) is 0 Å². The van der Waals surface area contributed by atoms with Crippen LogP contribution >= 0.6 is 0 Å². The van der Waals surface area contributed by atoms with E-state index in [1.807, 2.05) is 18.2 Å². The number of hydrogen-bond acceptors (Lipinski definition) is 9. The van der Waals surface area contributed by atoms with Crippen molar-refractivity contribution >= 4 is 38.3 Å². The second-order valence-electron chi connectivity index (χ2n) is 11.2. The maximum atomic E-state index is 14.3. The van der Waals surface area contributed by atoms with Crippen LogP contribution in [-0.4, -0.2) is 62.7 Å². The van der Waals surface area contributed by atoms with Crippen LogP contribution in [0.5, 0.6) is 5.88 Å². The van der Waals surface area contributed by atoms with Crippen molar-refractivity contribution in [2.75, 3.05) is 42.9 Å². The fraction of sp³-hybridized carbons (Fsp3) is 0.300. The van der Waals surface area contributed by atoms with Gasteiger partial charge in [0.15, 0.2) is 4.90 Å². The van der Waals surface area contributed by atoms with E-state index < -0.39 is 37.8 Å². The smallest absolute Gasteiger partial charge is 0.330 e. The number of carbonyl (C=O) groups is 1. The molecule has 0 aliphatic carbocycles. The summed E-state index contributed by atoms with van der Waals surface area (Å²) in [6.07, 6.45) is 3.17. The van der Waals surface area contributed by atoms with Crippen molar-refractivity contribution in [2.24, 2.45) is 5.41 Å². The highest BCUT2D eigenvalue weighted by molar-refractivity contribution is 7.92. The molecule has 3 heterocycles. The number of hydroxylamine groups is 2. The van der Waals surface area contributed by atoms with Crippen molar-refractivity contribution in [2.45, 2.75) is 25.7 Å². The quantitative estimate of drug-likeness (QED) is 0.297. The lowest BCUT2D eigenvalue weighted by molar-refractivity contribution is -0.201. The van der Waals surface area contributed by atoms with Gasteiger partial charge < -0.3 is 14.5 Å². The first kappa shape index (κ1) is 31.0. The number of aromatic nitrogens is 2. The molecule has 2 aromatic heterocycles. The maximum Gasteiger partial charge on any atom is 0.330 e. The molecule has 0 amide bonds. The van der Waals surface area contributed by atoms with Crippen LogP contribution in [0.3, 0.4) is 0 Å². The molecule has 0 spiro atoms. The number of halogens is 3. The Morgan fingerprint density at radius 3 is 2.25 bits per heavy atom. The molecule has 232 valence electrons. The van der Waals surface area contributed by atoms with Crippen LogP contribution in [-0.2, 0) is 19.7 Å². The van der Waals surface area contributed by atoms with Crippen molar-refractivity contribution in [3.63, 3.8) is 0 Å². The Morgan fingerprint density at radius 1 is 0.932 bits per heavy atom. The van der Waals surface area contributed by atoms with Crippen LogP contribution in [0.1, 0.15) is 20.8 Å². The molecule has 1 saturated heterocycles. The van der Waals surface area contributed by atoms with E-state index in [0.717, 1.165) is 16.6 Å². The van der Waals surface area contributed by atoms with Crippen LogP contribution < -0.4 is 14.4 Å². The van der Waals surface area contributed by atoms with Crippen molar-refractivity contribution in [1.82, 2.24) is 15.0 Å². The molecule has 0 bridgehead atoms. The molecule has 4 aromatic rings. The van der Waals surface area contributed by atoms with Crippen LogP contribution in [0.4, 0.5) is 24.5 Å². The summed E-state index contributed by atoms with van der Waals surface area (Å²) in [5.74, 6) is -4.86. The van der Waals surface area contributed by atoms with Crippen LogP contribution in [0.2, 0.25) is 0 Å². The highest BCUT2D eigenvalue weighted by atomic mass is 32.2. The van der Waals surface area contributed by atoms with Gasteiger partial charge in [0.05, 0.1) is 31.1 Å². The van der Waals surface area contributed by atoms with Crippen LogP contribution in [0.15, 0.2) is 59.8 Å². The second-order valence-corrected chi connectivity index (χ2v) is 12.8. The molecule has 14 heteroatoms. The van der Waals surface area contributed by atoms with E-state index in [9.17, 15) is 26.4 Å². The van der Waals surface area contributed by atoms with Gasteiger partial charge >= 0.3 is 5.97 Å². The van der Waals surface area contributed by atoms with Gasteiger partial charge in [0.25, 0.3) is 10.0 Å². The SMILES string of the molecule is COc1ncc(-c2ccc3nccc(N4CCN(OC(=O)C(C)(C)C)CC4)c3c2)cc1NS(=O)(=O)c1c(F)cc(F)cc1F. The average molecular weight is 630 g/mol. The molecule has 0 saturated carbocycles. The third-order valence-corrected chi connectivity index (χ3v) is 8.39. The lowest BCUT2D eigenvalue weighted by Gasteiger charge is -2.36. The van der Waals surface area contributed by atoms with Gasteiger partial charge in [0.2, 0.25) is 5.88 Å². The molecule has 0 atom stereocenters. The number of sulfonamides is 1. The number of methoxy groups -OCH3 is 1. The van der Waals surface area contributed by atoms with Crippen molar-refractivity contribution in [3.05, 3.63) is 72.3 Å². The van der Waals surface area contributed by atoms with Gasteiger partial charge in [-0.15, -0.1) is 5.06 Å². The Morgan fingerprint density at radius 2 is 1.61 bits per heavy atom. The number of carbonyl (C=O) groups excluding carboxylic acids is 1. The summed E-state index contributed by atoms with van der Waals surface area (Å²) in [7, 11) is -3.58. The third kappa shape index (κ3) is 6.40. The zero-order chi connectivity index (χ0) is 31.8. The van der Waals surface area contributed by atoms with E-state index in [-0.39, 0.29) is 29.7 Å². The number of pyridine rings is 2. The van der Waals surface area contributed by atoms with Gasteiger partial charge in [0, 0.05) is 54.3 Å². The summed E-state index contributed by atoms with van der Waals surface area (Å²) in [6.45, 7) is 7.59. The first-order valence-electron chi connectivity index (χ1n) is 13.6. The Bertz CT molecular complexity index is 1820. The Kier molecular flexibility index (Phi) is 8.40. The number of nitrogens with zero attached hydrogens (tertiary/aromatic N) is 4. The Hall–Kier alpha value is -4.43. The minimum absolute atomic E-state index is 0.145. The predicted molar refractivity (Wildman–Crippen MR) is 158 cm³/mol. The molecule has 5 rings (SSSR count). The van der Waals surface area contributed by atoms with Crippen molar-refractivity contribution < 1.29 is 36.0 Å². The minimum atomic E-state index is -4.84. The van der Waals surface area contributed by atoms with E-state index in [4.69, 9.17) is 9.57 Å². The molecular formula is C30H30F3N5O5S. The van der Waals surface area contributed by atoms with Gasteiger partial charge in [-0.2, -0.15) is 0 Å². The van der Waals surface area contributed by atoms with E-state index in [2.05, 4.69) is 19.6 Å². The molecule has 1 aliphatic heterocycles. The summed E-state index contributed by atoms with van der Waals surface area (Å²) in [4.78, 5) is 27.3. The van der Waals surface area contributed by atoms with Crippen LogP contribution in [0, 0.1) is 22.9 Å². The fourth-order valence-corrected chi connectivity index (χ4v) is 5.86. The fourth-order valence-electron chi connectivity index (χ4n) is 4.69. The number of rotatable bonds is 7. The second kappa shape index (κ2) is 11.9. The van der Waals surface area contributed by atoms with Gasteiger partial charge in [0.1, 0.15) is 23.1 Å². The molecule has 0 unspecified atom stereocenters. The first-order valence-corrected chi connectivity index (χ1v) is 15.1. The number of piperazine rings is 1. The Balaban J connectivity index is 1.44. The Labute approximate surface area is 252 Å². The number of nitrogens with one attached hydrogen (secondary N) is 1. The minimum Gasteiger partial charge on any atom is -0.480 e. The van der Waals surface area contributed by atoms with Gasteiger partial charge in [-0.25, -0.2) is 31.4 Å². The molecule has 2 aromatic carbocycles. The first-order chi connectivity index (χ1) is 20.8. The lowest BCUT2D eigenvalue weighted by atomic mass is 9.98. The molecule has 1 fully saturated rings. The highest BCUT2D eigenvalue weighted by Gasteiger charge is 2.29. The van der Waals surface area contributed by atoms with Gasteiger partial charge in [-0.3, -0.25) is 9.71 Å². The maximum absolute atomic E-state index is 14.3. The normalized spacial score (nSPS) is 14.5. The lowest BCUT2D eigenvalue weighted by Crippen LogP contribution is -2.48. The van der Waals surface area contributed by atoms with E-state index in [1.54, 1.807) is 38.1 Å². The molecular weight excluding hydrogens is 599 g/mol. The number of benzene rings is 2. The number of ether oxygens (including phenoxy) is 1. The van der Waals surface area contributed by atoms with Crippen LogP contribution in [0.25, 0.3) is 22.0 Å². The molecule has 10 nitrogen and oxygen atoms in total. The number of hydrogen-bond donors (Lipinski definition) is 1. The summed E-state index contributed by atoms with van der Waals surface area (Å²) in [5, 5.41) is 2.48. The highest BCUT2D eigenvalue weighted by Crippen LogP contribution is 2.34. The summed E-state index contributed by atoms with van der Waals surface area (Å²) in [6, 6.07) is 9.34. The number of anilines is 2. The summed E-state index contributed by atoms with van der Waals surface area (Å²) >= 11 is 0. The topological polar surface area (TPSA) is 114 Å².